The molecule has 0 saturated heterocycles. The van der Waals surface area contributed by atoms with Gasteiger partial charge in [-0.2, -0.15) is 0 Å². The molecular weight excluding hydrogens is 241 g/mol. The van der Waals surface area contributed by atoms with Crippen LogP contribution in [0.4, 0.5) is 4.39 Å². The topological polar surface area (TPSA) is 21.3 Å². The number of rotatable bonds is 7. The van der Waals surface area contributed by atoms with Crippen molar-refractivity contribution >= 4 is 0 Å². The summed E-state index contributed by atoms with van der Waals surface area (Å²) < 4.78 is 18.7. The van der Waals surface area contributed by atoms with Gasteiger partial charge in [0.25, 0.3) is 0 Å². The normalized spacial score (nSPS) is 18.0. The first-order valence-electron chi connectivity index (χ1n) is 7.26. The van der Waals surface area contributed by atoms with Crippen molar-refractivity contribution in [2.75, 3.05) is 19.8 Å². The van der Waals surface area contributed by atoms with E-state index in [0.29, 0.717) is 12.0 Å². The Kier molecular flexibility index (Phi) is 5.34. The van der Waals surface area contributed by atoms with Gasteiger partial charge in [0.2, 0.25) is 0 Å². The number of halogens is 1. The molecule has 1 N–H and O–H groups in total. The molecular formula is C16H24FNO. The van der Waals surface area contributed by atoms with Crippen molar-refractivity contribution in [3.63, 3.8) is 0 Å². The van der Waals surface area contributed by atoms with Crippen molar-refractivity contribution < 1.29 is 9.13 Å². The van der Waals surface area contributed by atoms with Gasteiger partial charge in [-0.3, -0.25) is 0 Å². The quantitative estimate of drug-likeness (QED) is 0.762. The smallest absolute Gasteiger partial charge is 0.123 e. The van der Waals surface area contributed by atoms with Crippen LogP contribution in [0.15, 0.2) is 18.2 Å². The molecule has 106 valence electrons. The van der Waals surface area contributed by atoms with Crippen LogP contribution in [0.1, 0.15) is 43.9 Å². The predicted octanol–water partition coefficient (Wildman–Crippen LogP) is 3.47. The van der Waals surface area contributed by atoms with Crippen molar-refractivity contribution in [2.45, 2.75) is 39.2 Å². The van der Waals surface area contributed by atoms with Crippen molar-refractivity contribution in [3.05, 3.63) is 35.1 Å². The van der Waals surface area contributed by atoms with Gasteiger partial charge in [0, 0.05) is 19.3 Å². The zero-order chi connectivity index (χ0) is 13.7. The molecule has 0 heterocycles. The summed E-state index contributed by atoms with van der Waals surface area (Å²) in [6.07, 6.45) is 3.08. The second-order valence-corrected chi connectivity index (χ2v) is 5.71. The summed E-state index contributed by atoms with van der Waals surface area (Å²) in [5.74, 6) is 0.478. The Morgan fingerprint density at radius 1 is 1.42 bits per heavy atom. The van der Waals surface area contributed by atoms with Crippen LogP contribution in [0.25, 0.3) is 0 Å². The van der Waals surface area contributed by atoms with E-state index in [9.17, 15) is 4.39 Å². The van der Waals surface area contributed by atoms with Crippen molar-refractivity contribution in [1.82, 2.24) is 5.32 Å². The minimum atomic E-state index is -0.124. The Balaban J connectivity index is 1.69. The van der Waals surface area contributed by atoms with Gasteiger partial charge < -0.3 is 10.1 Å². The maximum atomic E-state index is 13.1. The van der Waals surface area contributed by atoms with Crippen LogP contribution >= 0.6 is 0 Å². The Morgan fingerprint density at radius 2 is 2.26 bits per heavy atom. The molecule has 0 radical (unpaired) electrons. The number of ether oxygens (including phenoxy) is 1. The third kappa shape index (κ3) is 4.29. The fourth-order valence-electron chi connectivity index (χ4n) is 2.57. The second kappa shape index (κ2) is 7.01. The number of hydrogen-bond donors (Lipinski definition) is 1. The van der Waals surface area contributed by atoms with Crippen LogP contribution in [-0.2, 0) is 11.2 Å². The lowest BCUT2D eigenvalue weighted by molar-refractivity contribution is 0.107. The molecule has 0 amide bonds. The lowest BCUT2D eigenvalue weighted by atomic mass is 10.1. The van der Waals surface area contributed by atoms with Crippen LogP contribution in [0.2, 0.25) is 0 Å². The molecule has 0 saturated carbocycles. The highest BCUT2D eigenvalue weighted by Gasteiger charge is 2.21. The van der Waals surface area contributed by atoms with Crippen LogP contribution < -0.4 is 5.32 Å². The zero-order valence-corrected chi connectivity index (χ0v) is 11.9. The van der Waals surface area contributed by atoms with Gasteiger partial charge in [-0.25, -0.2) is 4.39 Å². The molecule has 1 aromatic rings. The maximum Gasteiger partial charge on any atom is 0.123 e. The average molecular weight is 265 g/mol. The Labute approximate surface area is 115 Å². The molecule has 2 rings (SSSR count). The lowest BCUT2D eigenvalue weighted by Gasteiger charge is -2.14. The molecule has 1 aliphatic carbocycles. The molecule has 0 fully saturated rings. The molecule has 2 nitrogen and oxygen atoms in total. The van der Waals surface area contributed by atoms with Crippen LogP contribution in [0.3, 0.4) is 0 Å². The highest BCUT2D eigenvalue weighted by atomic mass is 19.1. The number of fused-ring (bicyclic) bond motifs is 1. The molecule has 3 heteroatoms. The van der Waals surface area contributed by atoms with E-state index in [2.05, 4.69) is 19.2 Å². The Bertz CT molecular complexity index is 406. The second-order valence-electron chi connectivity index (χ2n) is 5.71. The third-order valence-corrected chi connectivity index (χ3v) is 3.49. The van der Waals surface area contributed by atoms with Gasteiger partial charge in [0.15, 0.2) is 0 Å². The highest BCUT2D eigenvalue weighted by molar-refractivity contribution is 5.34. The lowest BCUT2D eigenvalue weighted by Crippen LogP contribution is -2.21. The first-order chi connectivity index (χ1) is 9.16. The first kappa shape index (κ1) is 14.5. The average Bonchev–Trinajstić information content (AvgIpc) is 2.75. The summed E-state index contributed by atoms with van der Waals surface area (Å²) in [7, 11) is 0. The van der Waals surface area contributed by atoms with E-state index in [0.717, 1.165) is 44.6 Å². The third-order valence-electron chi connectivity index (χ3n) is 3.49. The Hall–Kier alpha value is -0.930. The van der Waals surface area contributed by atoms with E-state index in [4.69, 9.17) is 4.74 Å². The number of hydrogen-bond acceptors (Lipinski definition) is 2. The minimum absolute atomic E-state index is 0.124. The van der Waals surface area contributed by atoms with Gasteiger partial charge in [0.05, 0.1) is 0 Å². The number of benzene rings is 1. The molecule has 1 aromatic carbocycles. The van der Waals surface area contributed by atoms with E-state index in [1.807, 2.05) is 6.07 Å². The van der Waals surface area contributed by atoms with Gasteiger partial charge in [-0.05, 0) is 55.0 Å². The molecule has 1 atom stereocenters. The van der Waals surface area contributed by atoms with E-state index in [1.54, 1.807) is 12.1 Å². The molecule has 0 aromatic heterocycles. The van der Waals surface area contributed by atoms with Crippen molar-refractivity contribution in [2.24, 2.45) is 5.92 Å². The van der Waals surface area contributed by atoms with E-state index in [-0.39, 0.29) is 5.82 Å². The summed E-state index contributed by atoms with van der Waals surface area (Å²) in [4.78, 5) is 0. The molecule has 0 spiro atoms. The van der Waals surface area contributed by atoms with E-state index >= 15 is 0 Å². The fourth-order valence-corrected chi connectivity index (χ4v) is 2.57. The SMILES string of the molecule is CC(C)COCCCNC1CCc2cc(F)ccc21. The Morgan fingerprint density at radius 3 is 3.05 bits per heavy atom. The van der Waals surface area contributed by atoms with Crippen LogP contribution in [0, 0.1) is 11.7 Å². The summed E-state index contributed by atoms with van der Waals surface area (Å²) in [5, 5.41) is 3.54. The maximum absolute atomic E-state index is 13.1. The van der Waals surface area contributed by atoms with Gasteiger partial charge in [-0.15, -0.1) is 0 Å². The summed E-state index contributed by atoms with van der Waals surface area (Å²) in [5.41, 5.74) is 2.43. The van der Waals surface area contributed by atoms with Crippen LogP contribution in [-0.4, -0.2) is 19.8 Å². The molecule has 1 unspecified atom stereocenters. The zero-order valence-electron chi connectivity index (χ0n) is 11.9. The first-order valence-corrected chi connectivity index (χ1v) is 7.26. The summed E-state index contributed by atoms with van der Waals surface area (Å²) >= 11 is 0. The van der Waals surface area contributed by atoms with E-state index < -0.39 is 0 Å². The molecule has 19 heavy (non-hydrogen) atoms. The predicted molar refractivity (Wildman–Crippen MR) is 75.7 cm³/mol. The minimum Gasteiger partial charge on any atom is -0.381 e. The molecule has 0 aliphatic heterocycles. The van der Waals surface area contributed by atoms with Gasteiger partial charge >= 0.3 is 0 Å². The highest BCUT2D eigenvalue weighted by Crippen LogP contribution is 2.31. The van der Waals surface area contributed by atoms with Gasteiger partial charge in [0.1, 0.15) is 5.82 Å². The summed E-state index contributed by atoms with van der Waals surface area (Å²) in [6.45, 7) is 6.93. The van der Waals surface area contributed by atoms with E-state index in [1.165, 1.54) is 5.56 Å². The van der Waals surface area contributed by atoms with Crippen molar-refractivity contribution in [1.29, 1.82) is 0 Å². The molecule has 0 bridgehead atoms. The monoisotopic (exact) mass is 265 g/mol. The largest absolute Gasteiger partial charge is 0.381 e. The van der Waals surface area contributed by atoms with Crippen molar-refractivity contribution in [3.8, 4) is 0 Å². The standard InChI is InChI=1S/C16H24FNO/c1-12(2)11-19-9-3-8-18-16-7-4-13-10-14(17)5-6-15(13)16/h5-6,10,12,16,18H,3-4,7-9,11H2,1-2H3. The van der Waals surface area contributed by atoms with Gasteiger partial charge in [-0.1, -0.05) is 19.9 Å². The fraction of sp³-hybridized carbons (Fsp3) is 0.625. The number of aryl methyl sites for hydroxylation is 1. The summed E-state index contributed by atoms with van der Waals surface area (Å²) in [6, 6.07) is 5.54. The molecule has 1 aliphatic rings. The van der Waals surface area contributed by atoms with Crippen LogP contribution in [0.5, 0.6) is 0 Å². The number of nitrogens with one attached hydrogen (secondary N) is 1.